The minimum absolute atomic E-state index is 0.0877. The number of nitrogens with zero attached hydrogens (tertiary/aromatic N) is 1. The number of hydrogen-bond donors (Lipinski definition) is 4. The fourth-order valence-electron chi connectivity index (χ4n) is 4.33. The maximum atomic E-state index is 14.5. The predicted molar refractivity (Wildman–Crippen MR) is 120 cm³/mol. The number of para-hydroxylation sites is 1. The van der Waals surface area contributed by atoms with E-state index in [-0.39, 0.29) is 24.1 Å². The van der Waals surface area contributed by atoms with Crippen molar-refractivity contribution in [3.8, 4) is 5.75 Å². The number of alkyl halides is 3. The zero-order valence-electron chi connectivity index (χ0n) is 18.6. The summed E-state index contributed by atoms with van der Waals surface area (Å²) >= 11 is 0. The van der Waals surface area contributed by atoms with E-state index in [9.17, 15) is 31.9 Å². The molecule has 0 bridgehead atoms. The van der Waals surface area contributed by atoms with Crippen molar-refractivity contribution in [2.45, 2.75) is 31.3 Å². The first-order valence-corrected chi connectivity index (χ1v) is 10.8. The normalized spacial score (nSPS) is 20.3. The van der Waals surface area contributed by atoms with Gasteiger partial charge in [0.05, 0.1) is 12.2 Å². The number of fused-ring (bicyclic) bond motifs is 1. The van der Waals surface area contributed by atoms with Gasteiger partial charge in [0.2, 0.25) is 11.8 Å². The molecule has 3 amide bonds. The maximum Gasteiger partial charge on any atom is 0.573 e. The van der Waals surface area contributed by atoms with Crippen LogP contribution in [0.25, 0.3) is 0 Å². The highest BCUT2D eigenvalue weighted by Crippen LogP contribution is 2.48. The molecule has 3 atom stereocenters. The largest absolute Gasteiger partial charge is 0.573 e. The van der Waals surface area contributed by atoms with Gasteiger partial charge in [0.25, 0.3) is 5.91 Å². The van der Waals surface area contributed by atoms with Crippen molar-refractivity contribution in [1.29, 1.82) is 5.41 Å². The molecule has 0 aromatic heterocycles. The van der Waals surface area contributed by atoms with Crippen LogP contribution in [-0.2, 0) is 14.4 Å². The first-order valence-electron chi connectivity index (χ1n) is 10.8. The molecule has 0 radical (unpaired) electrons. The Kier molecular flexibility index (Phi) is 6.57. The molecule has 190 valence electrons. The molecule has 13 heteroatoms. The number of amides is 3. The molecule has 2 aliphatic rings. The van der Waals surface area contributed by atoms with Crippen molar-refractivity contribution in [3.63, 3.8) is 0 Å². The van der Waals surface area contributed by atoms with Crippen LogP contribution in [-0.4, -0.2) is 53.3 Å². The molecule has 36 heavy (non-hydrogen) atoms. The summed E-state index contributed by atoms with van der Waals surface area (Å²) in [4.78, 5) is 38.7. The summed E-state index contributed by atoms with van der Waals surface area (Å²) in [6, 6.07) is 8.13. The Morgan fingerprint density at radius 1 is 1.08 bits per heavy atom. The van der Waals surface area contributed by atoms with Crippen LogP contribution >= 0.6 is 0 Å². The minimum atomic E-state index is -5.11. The van der Waals surface area contributed by atoms with E-state index in [1.807, 2.05) is 0 Å². The number of likely N-dealkylation sites (tertiary alicyclic amines) is 1. The van der Waals surface area contributed by atoms with E-state index in [2.05, 4.69) is 15.4 Å². The second kappa shape index (κ2) is 9.47. The van der Waals surface area contributed by atoms with Crippen LogP contribution in [0.3, 0.4) is 0 Å². The highest BCUT2D eigenvalue weighted by molar-refractivity contribution is 6.44. The number of carbonyl (C=O) groups is 3. The molecule has 1 heterocycles. The number of benzene rings is 2. The Morgan fingerprint density at radius 3 is 2.47 bits per heavy atom. The lowest BCUT2D eigenvalue weighted by Gasteiger charge is -2.27. The third-order valence-corrected chi connectivity index (χ3v) is 6.01. The van der Waals surface area contributed by atoms with Gasteiger partial charge in [-0.25, -0.2) is 4.39 Å². The SMILES string of the molecule is N=C(C(N)=O)c1ccccc1NCC(=O)N1C(C(=O)Nc2cccc(OC(F)(F)F)c2F)CC2CC21. The second-order valence-corrected chi connectivity index (χ2v) is 8.41. The van der Waals surface area contributed by atoms with Crippen LogP contribution in [0.1, 0.15) is 18.4 Å². The molecule has 5 N–H and O–H groups in total. The highest BCUT2D eigenvalue weighted by atomic mass is 19.4. The van der Waals surface area contributed by atoms with Crippen molar-refractivity contribution in [2.24, 2.45) is 11.7 Å². The zero-order valence-corrected chi connectivity index (χ0v) is 18.6. The molecule has 3 unspecified atom stereocenters. The molecule has 4 rings (SSSR count). The Labute approximate surface area is 202 Å². The van der Waals surface area contributed by atoms with Crippen LogP contribution in [0, 0.1) is 17.1 Å². The number of nitrogens with one attached hydrogen (secondary N) is 3. The fourth-order valence-corrected chi connectivity index (χ4v) is 4.33. The maximum absolute atomic E-state index is 14.5. The van der Waals surface area contributed by atoms with Gasteiger partial charge >= 0.3 is 6.36 Å². The van der Waals surface area contributed by atoms with E-state index in [0.717, 1.165) is 18.2 Å². The summed E-state index contributed by atoms with van der Waals surface area (Å²) in [5.41, 5.74) is 4.76. The summed E-state index contributed by atoms with van der Waals surface area (Å²) in [5.74, 6) is -4.52. The van der Waals surface area contributed by atoms with Crippen LogP contribution < -0.4 is 21.1 Å². The van der Waals surface area contributed by atoms with Crippen LogP contribution in [0.15, 0.2) is 42.5 Å². The van der Waals surface area contributed by atoms with Gasteiger partial charge in [0.15, 0.2) is 11.6 Å². The fraction of sp³-hybridized carbons (Fsp3) is 0.304. The molecule has 2 aromatic rings. The van der Waals surface area contributed by atoms with E-state index >= 15 is 0 Å². The number of ether oxygens (including phenoxy) is 1. The lowest BCUT2D eigenvalue weighted by molar-refractivity contribution is -0.275. The van der Waals surface area contributed by atoms with Crippen LogP contribution in [0.4, 0.5) is 28.9 Å². The van der Waals surface area contributed by atoms with Gasteiger partial charge in [-0.2, -0.15) is 0 Å². The number of carbonyl (C=O) groups excluding carboxylic acids is 3. The molecule has 1 aliphatic heterocycles. The predicted octanol–water partition coefficient (Wildman–Crippen LogP) is 2.62. The molecule has 1 aliphatic carbocycles. The molecule has 1 saturated carbocycles. The molecule has 9 nitrogen and oxygen atoms in total. The lowest BCUT2D eigenvalue weighted by atomic mass is 10.1. The second-order valence-electron chi connectivity index (χ2n) is 8.41. The topological polar surface area (TPSA) is 138 Å². The van der Waals surface area contributed by atoms with Crippen LogP contribution in [0.5, 0.6) is 5.75 Å². The minimum Gasteiger partial charge on any atom is -0.403 e. The van der Waals surface area contributed by atoms with Gasteiger partial charge in [0, 0.05) is 17.3 Å². The summed E-state index contributed by atoms with van der Waals surface area (Å²) < 4.78 is 55.6. The summed E-state index contributed by atoms with van der Waals surface area (Å²) in [5, 5.41) is 12.9. The molecule has 2 fully saturated rings. The van der Waals surface area contributed by atoms with Gasteiger partial charge in [-0.05, 0) is 37.0 Å². The number of rotatable bonds is 8. The van der Waals surface area contributed by atoms with E-state index in [0.29, 0.717) is 18.5 Å². The van der Waals surface area contributed by atoms with Crippen molar-refractivity contribution in [1.82, 2.24) is 4.90 Å². The molecular weight excluding hydrogens is 486 g/mol. The average molecular weight is 507 g/mol. The molecule has 0 spiro atoms. The Hall–Kier alpha value is -4.16. The Bertz CT molecular complexity index is 1240. The molecular formula is C23H21F4N5O4. The van der Waals surface area contributed by atoms with Crippen molar-refractivity contribution in [3.05, 3.63) is 53.8 Å². The van der Waals surface area contributed by atoms with Gasteiger partial charge in [-0.1, -0.05) is 24.3 Å². The quantitative estimate of drug-likeness (QED) is 0.322. The number of halogens is 4. The zero-order chi connectivity index (χ0) is 26.2. The number of nitrogens with two attached hydrogens (primary N) is 1. The summed E-state index contributed by atoms with van der Waals surface area (Å²) in [6.07, 6.45) is -4.09. The first-order chi connectivity index (χ1) is 17.0. The third-order valence-electron chi connectivity index (χ3n) is 6.01. The lowest BCUT2D eigenvalue weighted by Crippen LogP contribution is -2.47. The summed E-state index contributed by atoms with van der Waals surface area (Å²) in [7, 11) is 0. The van der Waals surface area contributed by atoms with E-state index in [1.165, 1.54) is 11.0 Å². The highest BCUT2D eigenvalue weighted by Gasteiger charge is 2.56. The number of piperidine rings is 1. The van der Waals surface area contributed by atoms with Gasteiger partial charge in [-0.3, -0.25) is 19.8 Å². The van der Waals surface area contributed by atoms with Crippen molar-refractivity contribution >= 4 is 34.8 Å². The first kappa shape index (κ1) is 24.9. The Balaban J connectivity index is 1.45. The number of primary amides is 1. The standard InChI is InChI=1S/C23H21F4N5O4/c24-19-14(6-3-7-17(19)36-23(25,26)27)31-22(35)16-9-11-8-15(11)32(16)18(33)10-30-13-5-2-1-4-12(13)20(28)21(29)34/h1-7,11,15-16,28,30H,8-10H2,(H2,29,34)(H,31,35). The van der Waals surface area contributed by atoms with Gasteiger partial charge < -0.3 is 26.0 Å². The summed E-state index contributed by atoms with van der Waals surface area (Å²) in [6.45, 7) is -0.265. The Morgan fingerprint density at radius 2 is 1.78 bits per heavy atom. The third kappa shape index (κ3) is 5.24. The van der Waals surface area contributed by atoms with E-state index in [1.54, 1.807) is 18.2 Å². The number of anilines is 2. The van der Waals surface area contributed by atoms with Gasteiger partial charge in [0.1, 0.15) is 11.8 Å². The van der Waals surface area contributed by atoms with E-state index in [4.69, 9.17) is 11.1 Å². The molecule has 2 aromatic carbocycles. The van der Waals surface area contributed by atoms with E-state index < -0.39 is 53.1 Å². The van der Waals surface area contributed by atoms with Gasteiger partial charge in [-0.15, -0.1) is 13.2 Å². The monoisotopic (exact) mass is 507 g/mol. The molecule has 1 saturated heterocycles. The van der Waals surface area contributed by atoms with Crippen LogP contribution in [0.2, 0.25) is 0 Å². The number of hydrogen-bond acceptors (Lipinski definition) is 6. The van der Waals surface area contributed by atoms with Crippen molar-refractivity contribution in [2.75, 3.05) is 17.2 Å². The average Bonchev–Trinajstić information content (AvgIpc) is 3.47. The van der Waals surface area contributed by atoms with Crippen molar-refractivity contribution < 1.29 is 36.7 Å². The smallest absolute Gasteiger partial charge is 0.403 e.